The fourth-order valence-corrected chi connectivity index (χ4v) is 2.73. The second kappa shape index (κ2) is 3.05. The van der Waals surface area contributed by atoms with Gasteiger partial charge in [0.25, 0.3) is 0 Å². The van der Waals surface area contributed by atoms with Gasteiger partial charge in [0.05, 0.1) is 10.6 Å². The maximum absolute atomic E-state index is 10.9. The average Bonchev–Trinajstić information content (AvgIpc) is 2.85. The topological polar surface area (TPSA) is 33.2 Å². The Bertz CT molecular complexity index is 366. The predicted octanol–water partition coefficient (Wildman–Crippen LogP) is 2.04. The van der Waals surface area contributed by atoms with Crippen molar-refractivity contribution in [3.8, 4) is 0 Å². The molecule has 0 N–H and O–H groups in total. The van der Waals surface area contributed by atoms with Crippen LogP contribution in [-0.2, 0) is 0 Å². The van der Waals surface area contributed by atoms with Gasteiger partial charge in [-0.2, -0.15) is 0 Å². The third kappa shape index (κ3) is 1.25. The summed E-state index contributed by atoms with van der Waals surface area (Å²) >= 11 is 1.56. The highest BCUT2D eigenvalue weighted by Crippen LogP contribution is 2.43. The SMILES string of the molecule is O=Cc1sc(N2CCC2)nc1C1CC1. The predicted molar refractivity (Wildman–Crippen MR) is 56.3 cm³/mol. The summed E-state index contributed by atoms with van der Waals surface area (Å²) in [6.07, 6.45) is 4.65. The van der Waals surface area contributed by atoms with Crippen LogP contribution in [0, 0.1) is 0 Å². The van der Waals surface area contributed by atoms with E-state index in [9.17, 15) is 4.79 Å². The first-order valence-corrected chi connectivity index (χ1v) is 5.91. The van der Waals surface area contributed by atoms with Crippen LogP contribution in [0.4, 0.5) is 5.13 Å². The molecule has 1 aliphatic carbocycles. The van der Waals surface area contributed by atoms with Crippen LogP contribution in [0.15, 0.2) is 0 Å². The van der Waals surface area contributed by atoms with Gasteiger partial charge in [-0.05, 0) is 19.3 Å². The van der Waals surface area contributed by atoms with Crippen molar-refractivity contribution in [2.45, 2.75) is 25.2 Å². The smallest absolute Gasteiger partial charge is 0.186 e. The summed E-state index contributed by atoms with van der Waals surface area (Å²) in [4.78, 5) is 18.5. The lowest BCUT2D eigenvalue weighted by Gasteiger charge is -2.30. The summed E-state index contributed by atoms with van der Waals surface area (Å²) in [6.45, 7) is 2.21. The first kappa shape index (κ1) is 8.41. The molecule has 0 bridgehead atoms. The van der Waals surface area contributed by atoms with Crippen molar-refractivity contribution < 1.29 is 4.79 Å². The highest BCUT2D eigenvalue weighted by Gasteiger charge is 2.31. The van der Waals surface area contributed by atoms with Crippen molar-refractivity contribution in [3.05, 3.63) is 10.6 Å². The largest absolute Gasteiger partial charge is 0.348 e. The number of hydrogen-bond donors (Lipinski definition) is 0. The zero-order valence-corrected chi connectivity index (χ0v) is 8.72. The van der Waals surface area contributed by atoms with Crippen LogP contribution in [0.1, 0.15) is 40.5 Å². The minimum absolute atomic E-state index is 0.585. The number of nitrogens with zero attached hydrogens (tertiary/aromatic N) is 2. The number of carbonyl (C=O) groups excluding carboxylic acids is 1. The molecule has 0 atom stereocenters. The normalized spacial score (nSPS) is 20.7. The first-order valence-electron chi connectivity index (χ1n) is 5.09. The molecule has 14 heavy (non-hydrogen) atoms. The lowest BCUT2D eigenvalue weighted by Crippen LogP contribution is -2.36. The molecular formula is C10H12N2OS. The van der Waals surface area contributed by atoms with Gasteiger partial charge in [0.1, 0.15) is 0 Å². The van der Waals surface area contributed by atoms with Crippen LogP contribution in [0.5, 0.6) is 0 Å². The maximum atomic E-state index is 10.9. The summed E-state index contributed by atoms with van der Waals surface area (Å²) in [7, 11) is 0. The summed E-state index contributed by atoms with van der Waals surface area (Å²) in [5.41, 5.74) is 1.06. The van der Waals surface area contributed by atoms with E-state index in [1.807, 2.05) is 0 Å². The minimum atomic E-state index is 0.585. The highest BCUT2D eigenvalue weighted by molar-refractivity contribution is 7.17. The Morgan fingerprint density at radius 2 is 2.21 bits per heavy atom. The van der Waals surface area contributed by atoms with Crippen molar-refractivity contribution in [2.24, 2.45) is 0 Å². The lowest BCUT2D eigenvalue weighted by atomic mass is 10.2. The second-order valence-electron chi connectivity index (χ2n) is 3.98. The molecule has 3 rings (SSSR count). The summed E-state index contributed by atoms with van der Waals surface area (Å²) < 4.78 is 0. The van der Waals surface area contributed by atoms with Crippen LogP contribution in [0.25, 0.3) is 0 Å². The molecule has 1 saturated heterocycles. The van der Waals surface area contributed by atoms with Crippen molar-refractivity contribution >= 4 is 22.8 Å². The molecule has 2 fully saturated rings. The molecule has 0 spiro atoms. The van der Waals surface area contributed by atoms with Crippen LogP contribution in [0.3, 0.4) is 0 Å². The zero-order valence-electron chi connectivity index (χ0n) is 7.90. The molecule has 1 saturated carbocycles. The zero-order chi connectivity index (χ0) is 9.54. The Kier molecular flexibility index (Phi) is 1.83. The van der Waals surface area contributed by atoms with E-state index in [0.29, 0.717) is 5.92 Å². The number of rotatable bonds is 3. The number of carbonyl (C=O) groups is 1. The molecule has 0 unspecified atom stereocenters. The van der Waals surface area contributed by atoms with Gasteiger partial charge in [-0.15, -0.1) is 0 Å². The van der Waals surface area contributed by atoms with E-state index in [1.165, 1.54) is 19.3 Å². The quantitative estimate of drug-likeness (QED) is 0.713. The monoisotopic (exact) mass is 208 g/mol. The molecule has 1 aromatic heterocycles. The summed E-state index contributed by atoms with van der Waals surface area (Å²) in [5.74, 6) is 0.585. The number of aldehydes is 1. The number of hydrogen-bond acceptors (Lipinski definition) is 4. The third-order valence-electron chi connectivity index (χ3n) is 2.87. The van der Waals surface area contributed by atoms with Crippen LogP contribution in [-0.4, -0.2) is 24.4 Å². The summed E-state index contributed by atoms with van der Waals surface area (Å²) in [6, 6.07) is 0. The van der Waals surface area contributed by atoms with Crippen molar-refractivity contribution in [3.63, 3.8) is 0 Å². The van der Waals surface area contributed by atoms with E-state index >= 15 is 0 Å². The number of thiazole rings is 1. The fourth-order valence-electron chi connectivity index (χ4n) is 1.71. The maximum Gasteiger partial charge on any atom is 0.186 e. The van der Waals surface area contributed by atoms with Gasteiger partial charge in [0.2, 0.25) is 0 Å². The molecule has 2 heterocycles. The van der Waals surface area contributed by atoms with Gasteiger partial charge >= 0.3 is 0 Å². The van der Waals surface area contributed by atoms with E-state index in [4.69, 9.17) is 0 Å². The molecule has 0 amide bonds. The number of aromatic nitrogens is 1. The van der Waals surface area contributed by atoms with Gasteiger partial charge < -0.3 is 4.90 Å². The molecule has 0 radical (unpaired) electrons. The van der Waals surface area contributed by atoms with Gasteiger partial charge in [0, 0.05) is 19.0 Å². The highest BCUT2D eigenvalue weighted by atomic mass is 32.1. The van der Waals surface area contributed by atoms with Crippen molar-refractivity contribution in [1.82, 2.24) is 4.98 Å². The third-order valence-corrected chi connectivity index (χ3v) is 3.92. The molecule has 0 aromatic carbocycles. The fraction of sp³-hybridized carbons (Fsp3) is 0.600. The van der Waals surface area contributed by atoms with Crippen LogP contribution in [0.2, 0.25) is 0 Å². The van der Waals surface area contributed by atoms with Gasteiger partial charge in [-0.3, -0.25) is 4.79 Å². The van der Waals surface area contributed by atoms with Crippen molar-refractivity contribution in [1.29, 1.82) is 0 Å². The van der Waals surface area contributed by atoms with Crippen molar-refractivity contribution in [2.75, 3.05) is 18.0 Å². The molecular weight excluding hydrogens is 196 g/mol. The van der Waals surface area contributed by atoms with E-state index in [-0.39, 0.29) is 0 Å². The molecule has 74 valence electrons. The lowest BCUT2D eigenvalue weighted by molar-refractivity contribution is 0.112. The molecule has 1 aromatic rings. The standard InChI is InChI=1S/C10H12N2OS/c13-6-8-9(7-2-3-7)11-10(14-8)12-4-1-5-12/h6-7H,1-5H2. The Morgan fingerprint density at radius 3 is 2.71 bits per heavy atom. The Morgan fingerprint density at radius 1 is 1.43 bits per heavy atom. The Balaban J connectivity index is 1.93. The summed E-state index contributed by atoms with van der Waals surface area (Å²) in [5, 5.41) is 1.06. The van der Waals surface area contributed by atoms with E-state index in [1.54, 1.807) is 11.3 Å². The Hall–Kier alpha value is -0.900. The minimum Gasteiger partial charge on any atom is -0.348 e. The molecule has 2 aliphatic rings. The van der Waals surface area contributed by atoms with E-state index < -0.39 is 0 Å². The Labute approximate surface area is 86.8 Å². The van der Waals surface area contributed by atoms with E-state index in [0.717, 1.165) is 35.1 Å². The van der Waals surface area contributed by atoms with Gasteiger partial charge in [-0.1, -0.05) is 11.3 Å². The van der Waals surface area contributed by atoms with Gasteiger partial charge in [0.15, 0.2) is 11.4 Å². The molecule has 1 aliphatic heterocycles. The second-order valence-corrected chi connectivity index (χ2v) is 4.99. The van der Waals surface area contributed by atoms with Gasteiger partial charge in [-0.25, -0.2) is 4.98 Å². The first-order chi connectivity index (χ1) is 6.88. The van der Waals surface area contributed by atoms with E-state index in [2.05, 4.69) is 9.88 Å². The van der Waals surface area contributed by atoms with Crippen LogP contribution < -0.4 is 4.90 Å². The van der Waals surface area contributed by atoms with Crippen LogP contribution >= 0.6 is 11.3 Å². The number of anilines is 1. The average molecular weight is 208 g/mol. The molecule has 4 heteroatoms. The molecule has 3 nitrogen and oxygen atoms in total.